The molecule has 1 saturated carbocycles. The number of hydrogen-bond acceptors (Lipinski definition) is 3. The molecule has 0 spiro atoms. The molecule has 2 amide bonds. The van der Waals surface area contributed by atoms with Crippen LogP contribution in [0, 0.1) is 13.8 Å². The minimum Gasteiger partial charge on any atom is -0.483 e. The fourth-order valence-electron chi connectivity index (χ4n) is 4.04. The summed E-state index contributed by atoms with van der Waals surface area (Å²) >= 11 is 3.45. The fraction of sp³-hybridized carbons (Fsp3) is 0.462. The molecule has 1 unspecified atom stereocenters. The zero-order valence-electron chi connectivity index (χ0n) is 19.2. The van der Waals surface area contributed by atoms with Gasteiger partial charge in [0.15, 0.2) is 6.61 Å². The Morgan fingerprint density at radius 1 is 1.09 bits per heavy atom. The van der Waals surface area contributed by atoms with Gasteiger partial charge in [0.2, 0.25) is 5.91 Å². The van der Waals surface area contributed by atoms with Crippen LogP contribution in [-0.2, 0) is 16.1 Å². The molecule has 2 aromatic carbocycles. The van der Waals surface area contributed by atoms with Crippen LogP contribution in [0.15, 0.2) is 46.9 Å². The Labute approximate surface area is 199 Å². The third-order valence-electron chi connectivity index (χ3n) is 6.29. The zero-order valence-corrected chi connectivity index (χ0v) is 20.8. The van der Waals surface area contributed by atoms with Gasteiger partial charge in [0.25, 0.3) is 5.91 Å². The second-order valence-corrected chi connectivity index (χ2v) is 9.57. The normalized spacial score (nSPS) is 15.1. The summed E-state index contributed by atoms with van der Waals surface area (Å²) in [4.78, 5) is 27.9. The number of benzene rings is 2. The first-order chi connectivity index (χ1) is 15.3. The van der Waals surface area contributed by atoms with Gasteiger partial charge in [0, 0.05) is 17.1 Å². The summed E-state index contributed by atoms with van der Waals surface area (Å²) in [6.45, 7) is 6.03. The Kier molecular flexibility index (Phi) is 8.74. The molecule has 6 heteroatoms. The third-order valence-corrected chi connectivity index (χ3v) is 6.82. The van der Waals surface area contributed by atoms with Gasteiger partial charge in [-0.15, -0.1) is 0 Å². The maximum atomic E-state index is 13.2. The van der Waals surface area contributed by atoms with Gasteiger partial charge >= 0.3 is 0 Å². The molecule has 1 aliphatic carbocycles. The molecule has 0 bridgehead atoms. The topological polar surface area (TPSA) is 58.6 Å². The molecule has 3 rings (SSSR count). The molecule has 32 heavy (non-hydrogen) atoms. The van der Waals surface area contributed by atoms with Crippen molar-refractivity contribution in [1.82, 2.24) is 10.2 Å². The van der Waals surface area contributed by atoms with Gasteiger partial charge in [-0.1, -0.05) is 59.5 Å². The van der Waals surface area contributed by atoms with Gasteiger partial charge in [-0.05, 0) is 68.5 Å². The van der Waals surface area contributed by atoms with E-state index in [0.29, 0.717) is 12.3 Å². The number of carbonyl (C=O) groups is 2. The van der Waals surface area contributed by atoms with E-state index in [2.05, 4.69) is 21.2 Å². The molecule has 172 valence electrons. The predicted molar refractivity (Wildman–Crippen MR) is 131 cm³/mol. The number of halogens is 1. The summed E-state index contributed by atoms with van der Waals surface area (Å²) in [6.07, 6.45) is 5.53. The van der Waals surface area contributed by atoms with Crippen molar-refractivity contribution >= 4 is 27.7 Å². The van der Waals surface area contributed by atoms with Crippen molar-refractivity contribution in [2.24, 2.45) is 0 Å². The van der Waals surface area contributed by atoms with Crippen LogP contribution in [0.1, 0.15) is 55.7 Å². The zero-order chi connectivity index (χ0) is 23.1. The number of ether oxygens (including phenoxy) is 1. The molecule has 5 nitrogen and oxygen atoms in total. The number of hydrogen-bond donors (Lipinski definition) is 1. The lowest BCUT2D eigenvalue weighted by Crippen LogP contribution is -2.51. The first-order valence-corrected chi connectivity index (χ1v) is 12.2. The molecule has 0 aliphatic heterocycles. The Morgan fingerprint density at radius 2 is 1.78 bits per heavy atom. The second-order valence-electron chi connectivity index (χ2n) is 8.65. The summed E-state index contributed by atoms with van der Waals surface area (Å²) in [5.41, 5.74) is 3.09. The van der Waals surface area contributed by atoms with E-state index in [-0.39, 0.29) is 24.5 Å². The van der Waals surface area contributed by atoms with E-state index in [1.54, 1.807) is 11.8 Å². The Morgan fingerprint density at radius 3 is 2.47 bits per heavy atom. The van der Waals surface area contributed by atoms with E-state index in [9.17, 15) is 9.59 Å². The highest BCUT2D eigenvalue weighted by Gasteiger charge is 2.28. The van der Waals surface area contributed by atoms with Crippen LogP contribution in [0.4, 0.5) is 0 Å². The lowest BCUT2D eigenvalue weighted by Gasteiger charge is -2.31. The molecule has 1 N–H and O–H groups in total. The number of rotatable bonds is 8. The Hall–Kier alpha value is -2.34. The maximum absolute atomic E-state index is 13.2. The molecule has 0 aromatic heterocycles. The molecule has 1 fully saturated rings. The standard InChI is InChI=1S/C26H33BrN2O3/c1-18-8-7-11-24(19(18)2)32-17-25(30)29(16-21-12-14-22(27)15-13-21)20(3)26(31)28-23-9-5-4-6-10-23/h7-8,11-15,20,23H,4-6,9-10,16-17H2,1-3H3,(H,28,31). The lowest BCUT2D eigenvalue weighted by molar-refractivity contribution is -0.142. The van der Waals surface area contributed by atoms with Crippen molar-refractivity contribution in [3.05, 3.63) is 63.6 Å². The first-order valence-electron chi connectivity index (χ1n) is 11.4. The first kappa shape index (κ1) is 24.3. The molecule has 1 atom stereocenters. The van der Waals surface area contributed by atoms with Gasteiger partial charge < -0.3 is 15.0 Å². The average Bonchev–Trinajstić information content (AvgIpc) is 2.79. The fourth-order valence-corrected chi connectivity index (χ4v) is 4.31. The molecular weight excluding hydrogens is 468 g/mol. The van der Waals surface area contributed by atoms with Crippen LogP contribution in [0.3, 0.4) is 0 Å². The van der Waals surface area contributed by atoms with Gasteiger partial charge in [0.1, 0.15) is 11.8 Å². The van der Waals surface area contributed by atoms with Gasteiger partial charge in [-0.3, -0.25) is 9.59 Å². The summed E-state index contributed by atoms with van der Waals surface area (Å²) < 4.78 is 6.84. The largest absolute Gasteiger partial charge is 0.483 e. The van der Waals surface area contributed by atoms with Crippen molar-refractivity contribution in [3.63, 3.8) is 0 Å². The highest BCUT2D eigenvalue weighted by atomic mass is 79.9. The second kappa shape index (κ2) is 11.5. The van der Waals surface area contributed by atoms with Crippen molar-refractivity contribution < 1.29 is 14.3 Å². The number of aryl methyl sites for hydroxylation is 1. The number of nitrogens with one attached hydrogen (secondary N) is 1. The molecule has 0 radical (unpaired) electrons. The van der Waals surface area contributed by atoms with Crippen molar-refractivity contribution in [3.8, 4) is 5.75 Å². The van der Waals surface area contributed by atoms with Crippen molar-refractivity contribution in [1.29, 1.82) is 0 Å². The average molecular weight is 501 g/mol. The highest BCUT2D eigenvalue weighted by molar-refractivity contribution is 9.10. The minimum atomic E-state index is -0.588. The summed E-state index contributed by atoms with van der Waals surface area (Å²) in [6, 6.07) is 13.2. The van der Waals surface area contributed by atoms with Crippen LogP contribution in [0.2, 0.25) is 0 Å². The minimum absolute atomic E-state index is 0.103. The summed E-state index contributed by atoms with van der Waals surface area (Å²) in [5.74, 6) is 0.385. The smallest absolute Gasteiger partial charge is 0.261 e. The van der Waals surface area contributed by atoms with E-state index < -0.39 is 6.04 Å². The van der Waals surface area contributed by atoms with E-state index >= 15 is 0 Å². The maximum Gasteiger partial charge on any atom is 0.261 e. The van der Waals surface area contributed by atoms with Crippen LogP contribution < -0.4 is 10.1 Å². The number of amides is 2. The van der Waals surface area contributed by atoms with Crippen molar-refractivity contribution in [2.45, 2.75) is 71.5 Å². The van der Waals surface area contributed by atoms with E-state index in [1.807, 2.05) is 56.3 Å². The van der Waals surface area contributed by atoms with E-state index in [4.69, 9.17) is 4.74 Å². The third kappa shape index (κ3) is 6.58. The predicted octanol–water partition coefficient (Wildman–Crippen LogP) is 5.31. The molecule has 1 aliphatic rings. The van der Waals surface area contributed by atoms with Gasteiger partial charge in [0.05, 0.1) is 0 Å². The monoisotopic (exact) mass is 500 g/mol. The summed E-state index contributed by atoms with van der Waals surface area (Å²) in [5, 5.41) is 3.16. The molecular formula is C26H33BrN2O3. The molecule has 0 saturated heterocycles. The highest BCUT2D eigenvalue weighted by Crippen LogP contribution is 2.22. The van der Waals surface area contributed by atoms with Crippen molar-refractivity contribution in [2.75, 3.05) is 6.61 Å². The van der Waals surface area contributed by atoms with Crippen LogP contribution in [-0.4, -0.2) is 35.4 Å². The van der Waals surface area contributed by atoms with Gasteiger partial charge in [-0.25, -0.2) is 0 Å². The molecule has 2 aromatic rings. The Balaban J connectivity index is 1.72. The lowest BCUT2D eigenvalue weighted by atomic mass is 9.95. The van der Waals surface area contributed by atoms with E-state index in [0.717, 1.165) is 46.8 Å². The van der Waals surface area contributed by atoms with Crippen LogP contribution >= 0.6 is 15.9 Å². The number of nitrogens with zero attached hydrogens (tertiary/aromatic N) is 1. The SMILES string of the molecule is Cc1cccc(OCC(=O)N(Cc2ccc(Br)cc2)C(C)C(=O)NC2CCCCC2)c1C. The number of carbonyl (C=O) groups excluding carboxylic acids is 2. The Bertz CT molecular complexity index is 923. The summed E-state index contributed by atoms with van der Waals surface area (Å²) in [7, 11) is 0. The van der Waals surface area contributed by atoms with Crippen LogP contribution in [0.5, 0.6) is 5.75 Å². The molecule has 0 heterocycles. The van der Waals surface area contributed by atoms with Gasteiger partial charge in [-0.2, -0.15) is 0 Å². The quantitative estimate of drug-likeness (QED) is 0.534. The van der Waals surface area contributed by atoms with E-state index in [1.165, 1.54) is 6.42 Å². The van der Waals surface area contributed by atoms with Crippen LogP contribution in [0.25, 0.3) is 0 Å².